The van der Waals surface area contributed by atoms with E-state index in [0.717, 1.165) is 29.7 Å². The van der Waals surface area contributed by atoms with E-state index >= 15 is 0 Å². The third kappa shape index (κ3) is 2.50. The van der Waals surface area contributed by atoms with Crippen molar-refractivity contribution >= 4 is 23.4 Å². The lowest BCUT2D eigenvalue weighted by Gasteiger charge is -2.62. The van der Waals surface area contributed by atoms with E-state index in [-0.39, 0.29) is 5.95 Å². The molecule has 4 nitrogen and oxygen atoms in total. The summed E-state index contributed by atoms with van der Waals surface area (Å²) in [5.74, 6) is 1.66. The minimum atomic E-state index is 0.148. The zero-order valence-electron chi connectivity index (χ0n) is 11.2. The van der Waals surface area contributed by atoms with Crippen LogP contribution in [0.25, 0.3) is 0 Å². The Morgan fingerprint density at radius 1 is 1.11 bits per heavy atom. The summed E-state index contributed by atoms with van der Waals surface area (Å²) in [7, 11) is 0. The molecule has 104 valence electrons. The first kappa shape index (κ1) is 13.0. The SMILES string of the molecule is Nc1nc(N)c(CCCCCC23CC(C2)C3)c(Cl)n1. The predicted octanol–water partition coefficient (Wildman–Crippen LogP) is 3.20. The maximum absolute atomic E-state index is 6.05. The number of unbranched alkanes of at least 4 members (excludes halogenated alkanes) is 2. The number of nitrogens with zero attached hydrogens (tertiary/aromatic N) is 2. The predicted molar refractivity (Wildman–Crippen MR) is 77.8 cm³/mol. The van der Waals surface area contributed by atoms with Crippen molar-refractivity contribution in [3.05, 3.63) is 10.7 Å². The van der Waals surface area contributed by atoms with Gasteiger partial charge < -0.3 is 11.5 Å². The van der Waals surface area contributed by atoms with Gasteiger partial charge in [-0.3, -0.25) is 0 Å². The van der Waals surface area contributed by atoms with Crippen molar-refractivity contribution in [1.29, 1.82) is 0 Å². The highest BCUT2D eigenvalue weighted by atomic mass is 35.5. The third-order valence-electron chi connectivity index (χ3n) is 4.80. The summed E-state index contributed by atoms with van der Waals surface area (Å²) in [6.07, 6.45) is 10.4. The molecular formula is C14H21ClN4. The first-order valence-electron chi connectivity index (χ1n) is 7.15. The van der Waals surface area contributed by atoms with Crippen molar-refractivity contribution in [2.45, 2.75) is 51.4 Å². The Bertz CT molecular complexity index is 448. The van der Waals surface area contributed by atoms with Crippen molar-refractivity contribution in [3.63, 3.8) is 0 Å². The van der Waals surface area contributed by atoms with Crippen LogP contribution in [0.1, 0.15) is 50.5 Å². The Morgan fingerprint density at radius 2 is 1.84 bits per heavy atom. The van der Waals surface area contributed by atoms with Crippen LogP contribution >= 0.6 is 11.6 Å². The summed E-state index contributed by atoms with van der Waals surface area (Å²) in [5, 5.41) is 0.407. The molecule has 3 fully saturated rings. The topological polar surface area (TPSA) is 77.8 Å². The van der Waals surface area contributed by atoms with E-state index in [2.05, 4.69) is 9.97 Å². The lowest BCUT2D eigenvalue weighted by atomic mass is 9.43. The van der Waals surface area contributed by atoms with Crippen LogP contribution in [0.3, 0.4) is 0 Å². The van der Waals surface area contributed by atoms with E-state index in [0.29, 0.717) is 11.0 Å². The molecule has 4 rings (SSSR count). The molecule has 0 amide bonds. The Balaban J connectivity index is 1.42. The number of rotatable bonds is 6. The minimum absolute atomic E-state index is 0.148. The standard InChI is InChI=1S/C14H21ClN4/c15-11-10(12(16)19-13(17)18-11)4-2-1-3-5-14-6-9(7-14)8-14/h9H,1-8H2,(H4,16,17,18,19). The molecule has 19 heavy (non-hydrogen) atoms. The largest absolute Gasteiger partial charge is 0.383 e. The number of aromatic nitrogens is 2. The maximum Gasteiger partial charge on any atom is 0.223 e. The zero-order valence-corrected chi connectivity index (χ0v) is 11.9. The summed E-state index contributed by atoms with van der Waals surface area (Å²) >= 11 is 6.05. The Kier molecular flexibility index (Phi) is 3.29. The number of nitrogens with two attached hydrogens (primary N) is 2. The molecule has 0 spiro atoms. The molecule has 1 heterocycles. The zero-order chi connectivity index (χ0) is 13.5. The second kappa shape index (κ2) is 4.82. The fraction of sp³-hybridized carbons (Fsp3) is 0.714. The first-order valence-corrected chi connectivity index (χ1v) is 7.53. The van der Waals surface area contributed by atoms with Gasteiger partial charge in [0.2, 0.25) is 5.95 Å². The molecule has 1 aromatic rings. The van der Waals surface area contributed by atoms with Crippen molar-refractivity contribution in [1.82, 2.24) is 9.97 Å². The molecule has 3 saturated carbocycles. The lowest BCUT2D eigenvalue weighted by Crippen LogP contribution is -2.51. The van der Waals surface area contributed by atoms with Crippen LogP contribution in [0.2, 0.25) is 5.15 Å². The molecule has 0 aliphatic heterocycles. The van der Waals surface area contributed by atoms with Gasteiger partial charge in [0.05, 0.1) is 0 Å². The number of halogens is 1. The second-order valence-corrected chi connectivity index (χ2v) is 6.63. The number of anilines is 2. The van der Waals surface area contributed by atoms with Gasteiger partial charge in [0.1, 0.15) is 11.0 Å². The van der Waals surface area contributed by atoms with Gasteiger partial charge in [0.25, 0.3) is 0 Å². The van der Waals surface area contributed by atoms with Crippen LogP contribution < -0.4 is 11.5 Å². The lowest BCUT2D eigenvalue weighted by molar-refractivity contribution is -0.113. The monoisotopic (exact) mass is 280 g/mol. The van der Waals surface area contributed by atoms with Crippen LogP contribution in [-0.4, -0.2) is 9.97 Å². The van der Waals surface area contributed by atoms with Crippen molar-refractivity contribution in [2.75, 3.05) is 11.5 Å². The number of nitrogen functional groups attached to an aromatic ring is 2. The highest BCUT2D eigenvalue weighted by molar-refractivity contribution is 6.30. The van der Waals surface area contributed by atoms with E-state index in [1.54, 1.807) is 0 Å². The van der Waals surface area contributed by atoms with Gasteiger partial charge in [0, 0.05) is 5.56 Å². The van der Waals surface area contributed by atoms with Gasteiger partial charge in [0.15, 0.2) is 0 Å². The van der Waals surface area contributed by atoms with Gasteiger partial charge in [-0.15, -0.1) is 0 Å². The van der Waals surface area contributed by atoms with Gasteiger partial charge in [-0.1, -0.05) is 24.4 Å². The molecule has 3 aliphatic carbocycles. The molecule has 1 aromatic heterocycles. The van der Waals surface area contributed by atoms with E-state index in [1.807, 2.05) is 0 Å². The summed E-state index contributed by atoms with van der Waals surface area (Å²) in [6, 6.07) is 0. The van der Waals surface area contributed by atoms with E-state index in [4.69, 9.17) is 23.1 Å². The average Bonchev–Trinajstić information content (AvgIpc) is 2.21. The summed E-state index contributed by atoms with van der Waals surface area (Å²) in [5.41, 5.74) is 12.9. The van der Waals surface area contributed by atoms with Crippen LogP contribution in [0.15, 0.2) is 0 Å². The molecule has 0 atom stereocenters. The van der Waals surface area contributed by atoms with Crippen molar-refractivity contribution < 1.29 is 0 Å². The molecule has 2 bridgehead atoms. The number of hydrogen-bond donors (Lipinski definition) is 2. The highest BCUT2D eigenvalue weighted by Crippen LogP contribution is 2.66. The van der Waals surface area contributed by atoms with Crippen LogP contribution in [0.4, 0.5) is 11.8 Å². The fourth-order valence-corrected chi connectivity index (χ4v) is 3.94. The summed E-state index contributed by atoms with van der Waals surface area (Å²) in [6.45, 7) is 0. The quantitative estimate of drug-likeness (QED) is 0.620. The van der Waals surface area contributed by atoms with E-state index in [1.165, 1.54) is 38.5 Å². The van der Waals surface area contributed by atoms with Gasteiger partial charge in [-0.2, -0.15) is 4.98 Å². The Hall–Kier alpha value is -1.03. The van der Waals surface area contributed by atoms with Crippen LogP contribution in [-0.2, 0) is 6.42 Å². The number of hydrogen-bond acceptors (Lipinski definition) is 4. The van der Waals surface area contributed by atoms with Gasteiger partial charge in [-0.05, 0) is 49.9 Å². The molecule has 0 saturated heterocycles. The normalized spacial score (nSPS) is 27.7. The molecule has 5 heteroatoms. The van der Waals surface area contributed by atoms with E-state index in [9.17, 15) is 0 Å². The molecule has 0 unspecified atom stereocenters. The van der Waals surface area contributed by atoms with Crippen molar-refractivity contribution in [2.24, 2.45) is 11.3 Å². The Labute approximate surface area is 118 Å². The molecular weight excluding hydrogens is 260 g/mol. The molecule has 0 radical (unpaired) electrons. The van der Waals surface area contributed by atoms with Crippen molar-refractivity contribution in [3.8, 4) is 0 Å². The van der Waals surface area contributed by atoms with Crippen LogP contribution in [0.5, 0.6) is 0 Å². The van der Waals surface area contributed by atoms with E-state index < -0.39 is 0 Å². The second-order valence-electron chi connectivity index (χ2n) is 6.28. The summed E-state index contributed by atoms with van der Waals surface area (Å²) < 4.78 is 0. The van der Waals surface area contributed by atoms with Crippen LogP contribution in [0, 0.1) is 11.3 Å². The minimum Gasteiger partial charge on any atom is -0.383 e. The highest BCUT2D eigenvalue weighted by Gasteiger charge is 2.55. The summed E-state index contributed by atoms with van der Waals surface area (Å²) in [4.78, 5) is 7.91. The third-order valence-corrected chi connectivity index (χ3v) is 5.12. The molecule has 3 aliphatic rings. The smallest absolute Gasteiger partial charge is 0.223 e. The average molecular weight is 281 g/mol. The van der Waals surface area contributed by atoms with Gasteiger partial charge >= 0.3 is 0 Å². The molecule has 0 aromatic carbocycles. The molecule has 4 N–H and O–H groups in total. The first-order chi connectivity index (χ1) is 9.08. The maximum atomic E-state index is 6.05. The fourth-order valence-electron chi connectivity index (χ4n) is 3.66. The Morgan fingerprint density at radius 3 is 2.42 bits per heavy atom. The van der Waals surface area contributed by atoms with Gasteiger partial charge in [-0.25, -0.2) is 4.98 Å².